The Morgan fingerprint density at radius 3 is 2.14 bits per heavy atom. The summed E-state index contributed by atoms with van der Waals surface area (Å²) in [7, 11) is 1.51. The summed E-state index contributed by atoms with van der Waals surface area (Å²) in [5.41, 5.74) is 2.84. The molecule has 37 heavy (non-hydrogen) atoms. The molecule has 1 N–H and O–H groups in total. The van der Waals surface area contributed by atoms with E-state index < -0.39 is 24.5 Å². The number of benzene rings is 3. The van der Waals surface area contributed by atoms with E-state index in [1.54, 1.807) is 43.3 Å². The van der Waals surface area contributed by atoms with Gasteiger partial charge in [-0.2, -0.15) is 0 Å². The van der Waals surface area contributed by atoms with Crippen molar-refractivity contribution in [2.75, 3.05) is 18.5 Å². The van der Waals surface area contributed by atoms with Crippen molar-refractivity contribution in [3.63, 3.8) is 0 Å². The molecule has 0 saturated heterocycles. The average Bonchev–Trinajstić information content (AvgIpc) is 2.90. The van der Waals surface area contributed by atoms with Crippen LogP contribution in [0.1, 0.15) is 33.3 Å². The Balaban J connectivity index is 1.58. The van der Waals surface area contributed by atoms with Crippen LogP contribution < -0.4 is 10.9 Å². The van der Waals surface area contributed by atoms with Gasteiger partial charge in [-0.1, -0.05) is 48.0 Å². The van der Waals surface area contributed by atoms with Gasteiger partial charge in [0.15, 0.2) is 6.61 Å². The fraction of sp³-hybridized carbons (Fsp3) is 0.172. The minimum Gasteiger partial charge on any atom is -0.462 e. The summed E-state index contributed by atoms with van der Waals surface area (Å²) in [6.45, 7) is 3.37. The van der Waals surface area contributed by atoms with Gasteiger partial charge in [-0.25, -0.2) is 9.59 Å². The van der Waals surface area contributed by atoms with E-state index in [-0.39, 0.29) is 17.9 Å². The maximum absolute atomic E-state index is 13.2. The standard InChI is InChI=1S/C29H26N2O6/c1-4-36-28(34)20-13-15-21(16-14-20)30-24(32)17-37-29(35)26-25(19-11-9-18(2)10-12-19)22-7-5-6-8-23(22)27(33)31(26)3/h5-16H,4,17H2,1-3H3,(H,30,32). The molecule has 0 bridgehead atoms. The smallest absolute Gasteiger partial charge is 0.356 e. The number of pyridine rings is 1. The maximum Gasteiger partial charge on any atom is 0.356 e. The average molecular weight is 499 g/mol. The number of nitrogens with zero attached hydrogens (tertiary/aromatic N) is 1. The number of fused-ring (bicyclic) bond motifs is 1. The van der Waals surface area contributed by atoms with Crippen LogP contribution in [0.4, 0.5) is 5.69 Å². The predicted molar refractivity (Wildman–Crippen MR) is 141 cm³/mol. The number of aromatic nitrogens is 1. The third-order valence-corrected chi connectivity index (χ3v) is 5.85. The monoisotopic (exact) mass is 498 g/mol. The van der Waals surface area contributed by atoms with Crippen LogP contribution in [0.3, 0.4) is 0 Å². The fourth-order valence-electron chi connectivity index (χ4n) is 4.02. The van der Waals surface area contributed by atoms with Gasteiger partial charge in [0, 0.05) is 23.7 Å². The van der Waals surface area contributed by atoms with E-state index in [2.05, 4.69) is 5.32 Å². The predicted octanol–water partition coefficient (Wildman–Crippen LogP) is 4.49. The molecule has 3 aromatic carbocycles. The van der Waals surface area contributed by atoms with Crippen LogP contribution in [-0.2, 0) is 21.3 Å². The zero-order valence-electron chi connectivity index (χ0n) is 20.7. The molecule has 0 atom stereocenters. The molecule has 1 aromatic heterocycles. The molecule has 0 aliphatic carbocycles. The van der Waals surface area contributed by atoms with Crippen LogP contribution >= 0.6 is 0 Å². The molecule has 0 fully saturated rings. The number of hydrogen-bond donors (Lipinski definition) is 1. The van der Waals surface area contributed by atoms with Crippen LogP contribution in [-0.4, -0.2) is 35.6 Å². The number of amides is 1. The molecule has 8 heteroatoms. The van der Waals surface area contributed by atoms with Crippen molar-refractivity contribution in [2.45, 2.75) is 13.8 Å². The van der Waals surface area contributed by atoms with Crippen molar-refractivity contribution in [2.24, 2.45) is 7.05 Å². The highest BCUT2D eigenvalue weighted by atomic mass is 16.5. The summed E-state index contributed by atoms with van der Waals surface area (Å²) in [4.78, 5) is 50.5. The second-order valence-electron chi connectivity index (χ2n) is 8.42. The lowest BCUT2D eigenvalue weighted by Crippen LogP contribution is -2.28. The first-order valence-corrected chi connectivity index (χ1v) is 11.7. The summed E-state index contributed by atoms with van der Waals surface area (Å²) >= 11 is 0. The molecule has 0 spiro atoms. The van der Waals surface area contributed by atoms with Gasteiger partial charge in [-0.05, 0) is 55.1 Å². The van der Waals surface area contributed by atoms with Crippen molar-refractivity contribution in [3.8, 4) is 11.1 Å². The first-order chi connectivity index (χ1) is 17.8. The first-order valence-electron chi connectivity index (χ1n) is 11.7. The quantitative estimate of drug-likeness (QED) is 0.377. The first kappa shape index (κ1) is 25.4. The van der Waals surface area contributed by atoms with E-state index >= 15 is 0 Å². The van der Waals surface area contributed by atoms with Crippen molar-refractivity contribution in [3.05, 3.63) is 100.0 Å². The summed E-state index contributed by atoms with van der Waals surface area (Å²) < 4.78 is 11.5. The minimum atomic E-state index is -0.797. The summed E-state index contributed by atoms with van der Waals surface area (Å²) in [6, 6.07) is 20.8. The molecule has 0 aliphatic rings. The molecule has 1 amide bonds. The van der Waals surface area contributed by atoms with Crippen LogP contribution in [0.5, 0.6) is 0 Å². The zero-order valence-corrected chi connectivity index (χ0v) is 20.7. The highest BCUT2D eigenvalue weighted by Crippen LogP contribution is 2.31. The number of anilines is 1. The lowest BCUT2D eigenvalue weighted by Gasteiger charge is -2.17. The highest BCUT2D eigenvalue weighted by Gasteiger charge is 2.23. The van der Waals surface area contributed by atoms with Crippen LogP contribution in [0.2, 0.25) is 0 Å². The topological polar surface area (TPSA) is 104 Å². The van der Waals surface area contributed by atoms with Gasteiger partial charge >= 0.3 is 11.9 Å². The van der Waals surface area contributed by atoms with Crippen molar-refractivity contribution >= 4 is 34.3 Å². The van der Waals surface area contributed by atoms with E-state index in [0.29, 0.717) is 27.6 Å². The molecule has 188 valence electrons. The second-order valence-corrected chi connectivity index (χ2v) is 8.42. The molecule has 0 aliphatic heterocycles. The van der Waals surface area contributed by atoms with Gasteiger partial charge in [0.25, 0.3) is 11.5 Å². The van der Waals surface area contributed by atoms with E-state index in [0.717, 1.165) is 11.1 Å². The Bertz CT molecular complexity index is 1540. The Labute approximate surface area is 213 Å². The Morgan fingerprint density at radius 1 is 0.838 bits per heavy atom. The van der Waals surface area contributed by atoms with Crippen molar-refractivity contribution in [1.29, 1.82) is 0 Å². The van der Waals surface area contributed by atoms with Crippen molar-refractivity contribution < 1.29 is 23.9 Å². The summed E-state index contributed by atoms with van der Waals surface area (Å²) in [5, 5.41) is 3.71. The van der Waals surface area contributed by atoms with Crippen LogP contribution in [0, 0.1) is 6.92 Å². The molecule has 0 unspecified atom stereocenters. The lowest BCUT2D eigenvalue weighted by molar-refractivity contribution is -0.119. The third kappa shape index (κ3) is 5.43. The van der Waals surface area contributed by atoms with Crippen LogP contribution in [0.15, 0.2) is 77.6 Å². The highest BCUT2D eigenvalue weighted by molar-refractivity contribution is 6.07. The van der Waals surface area contributed by atoms with Gasteiger partial charge in [0.2, 0.25) is 0 Å². The molecule has 0 saturated carbocycles. The van der Waals surface area contributed by atoms with E-state index in [4.69, 9.17) is 9.47 Å². The fourth-order valence-corrected chi connectivity index (χ4v) is 4.02. The largest absolute Gasteiger partial charge is 0.462 e. The summed E-state index contributed by atoms with van der Waals surface area (Å²) in [6.07, 6.45) is 0. The number of aryl methyl sites for hydroxylation is 1. The van der Waals surface area contributed by atoms with Gasteiger partial charge in [-0.15, -0.1) is 0 Å². The second kappa shape index (κ2) is 10.9. The number of esters is 2. The number of ether oxygens (including phenoxy) is 2. The third-order valence-electron chi connectivity index (χ3n) is 5.85. The number of rotatable bonds is 7. The molecule has 4 rings (SSSR count). The maximum atomic E-state index is 13.2. The molecule has 0 radical (unpaired) electrons. The van der Waals surface area contributed by atoms with E-state index in [9.17, 15) is 19.2 Å². The lowest BCUT2D eigenvalue weighted by atomic mass is 9.96. The Hall–Kier alpha value is -4.72. The van der Waals surface area contributed by atoms with Gasteiger partial charge < -0.3 is 19.4 Å². The van der Waals surface area contributed by atoms with Crippen molar-refractivity contribution in [1.82, 2.24) is 4.57 Å². The molecule has 1 heterocycles. The van der Waals surface area contributed by atoms with E-state index in [1.807, 2.05) is 31.2 Å². The SMILES string of the molecule is CCOC(=O)c1ccc(NC(=O)COC(=O)c2c(-c3ccc(C)cc3)c3ccccc3c(=O)n2C)cc1. The number of nitrogens with one attached hydrogen (secondary N) is 1. The summed E-state index contributed by atoms with van der Waals surface area (Å²) in [5.74, 6) is -1.83. The normalized spacial score (nSPS) is 10.7. The molecular formula is C29H26N2O6. The Morgan fingerprint density at radius 2 is 1.49 bits per heavy atom. The molecular weight excluding hydrogens is 472 g/mol. The molecule has 4 aromatic rings. The Kier molecular flexibility index (Phi) is 7.48. The number of carbonyl (C=O) groups excluding carboxylic acids is 3. The molecule has 8 nitrogen and oxygen atoms in total. The van der Waals surface area contributed by atoms with Gasteiger partial charge in [0.05, 0.1) is 12.2 Å². The van der Waals surface area contributed by atoms with Crippen LogP contribution in [0.25, 0.3) is 21.9 Å². The zero-order chi connectivity index (χ0) is 26.5. The number of hydrogen-bond acceptors (Lipinski definition) is 6. The van der Waals surface area contributed by atoms with E-state index in [1.165, 1.54) is 23.7 Å². The van der Waals surface area contributed by atoms with Gasteiger partial charge in [0.1, 0.15) is 5.69 Å². The number of carbonyl (C=O) groups is 3. The minimum absolute atomic E-state index is 0.0548. The van der Waals surface area contributed by atoms with Gasteiger partial charge in [-0.3, -0.25) is 9.59 Å².